The molecule has 0 aliphatic heterocycles. The molecule has 0 fully saturated rings. The molecule has 3 nitrogen and oxygen atoms in total. The zero-order valence-corrected chi connectivity index (χ0v) is 7.88. The lowest BCUT2D eigenvalue weighted by Gasteiger charge is -1.93. The second-order valence-electron chi connectivity index (χ2n) is 2.48. The van der Waals surface area contributed by atoms with Crippen molar-refractivity contribution < 1.29 is 4.79 Å². The molecule has 0 bridgehead atoms. The predicted molar refractivity (Wildman–Crippen MR) is 52.9 cm³/mol. The highest BCUT2D eigenvalue weighted by Gasteiger charge is 1.89. The number of nitrogens with one attached hydrogen (secondary N) is 1. The second-order valence-corrected chi connectivity index (χ2v) is 2.92. The van der Waals surface area contributed by atoms with E-state index >= 15 is 0 Å². The minimum atomic E-state index is -0.196. The number of carbonyl (C=O) groups excluding carboxylic acids is 1. The molecule has 0 aliphatic rings. The van der Waals surface area contributed by atoms with Crippen molar-refractivity contribution in [1.82, 2.24) is 5.43 Å². The minimum Gasteiger partial charge on any atom is -0.274 e. The summed E-state index contributed by atoms with van der Waals surface area (Å²) in [5.41, 5.74) is 3.15. The van der Waals surface area contributed by atoms with E-state index in [1.54, 1.807) is 12.1 Å². The van der Waals surface area contributed by atoms with Crippen LogP contribution in [0.15, 0.2) is 29.4 Å². The standard InChI is InChI=1S/C9H9ClN2O/c1-7(13)12-11-6-8-3-2-4-9(10)5-8/h2-6H,1H3,(H,12,13)/b11-6-. The van der Waals surface area contributed by atoms with E-state index in [2.05, 4.69) is 10.5 Å². The van der Waals surface area contributed by atoms with Crippen molar-refractivity contribution in [1.29, 1.82) is 0 Å². The maximum absolute atomic E-state index is 10.4. The van der Waals surface area contributed by atoms with Gasteiger partial charge in [0.1, 0.15) is 0 Å². The van der Waals surface area contributed by atoms with E-state index in [9.17, 15) is 4.79 Å². The average Bonchev–Trinajstić information content (AvgIpc) is 2.03. The van der Waals surface area contributed by atoms with Gasteiger partial charge in [-0.15, -0.1) is 0 Å². The lowest BCUT2D eigenvalue weighted by atomic mass is 10.2. The number of nitrogens with zero attached hydrogens (tertiary/aromatic N) is 1. The molecule has 1 rings (SSSR count). The van der Waals surface area contributed by atoms with E-state index in [-0.39, 0.29) is 5.91 Å². The highest BCUT2D eigenvalue weighted by atomic mass is 35.5. The Bertz CT molecular complexity index is 336. The smallest absolute Gasteiger partial charge is 0.236 e. The summed E-state index contributed by atoms with van der Waals surface area (Å²) in [4.78, 5) is 10.4. The van der Waals surface area contributed by atoms with Crippen LogP contribution in [0.5, 0.6) is 0 Å². The van der Waals surface area contributed by atoms with Crippen molar-refractivity contribution in [2.24, 2.45) is 5.10 Å². The van der Waals surface area contributed by atoms with Gasteiger partial charge in [-0.1, -0.05) is 23.7 Å². The van der Waals surface area contributed by atoms with Crippen LogP contribution in [0.1, 0.15) is 12.5 Å². The first-order valence-corrected chi connectivity index (χ1v) is 4.11. The van der Waals surface area contributed by atoms with Gasteiger partial charge >= 0.3 is 0 Å². The Morgan fingerprint density at radius 3 is 3.00 bits per heavy atom. The van der Waals surface area contributed by atoms with Crippen molar-refractivity contribution in [3.05, 3.63) is 34.9 Å². The summed E-state index contributed by atoms with van der Waals surface area (Å²) in [6, 6.07) is 7.19. The van der Waals surface area contributed by atoms with Gasteiger partial charge in [0.15, 0.2) is 0 Å². The van der Waals surface area contributed by atoms with Crippen molar-refractivity contribution in [3.8, 4) is 0 Å². The normalized spacial score (nSPS) is 10.3. The number of hydrazone groups is 1. The quantitative estimate of drug-likeness (QED) is 0.569. The summed E-state index contributed by atoms with van der Waals surface area (Å²) < 4.78 is 0. The summed E-state index contributed by atoms with van der Waals surface area (Å²) in [6.07, 6.45) is 1.54. The summed E-state index contributed by atoms with van der Waals surface area (Å²) in [7, 11) is 0. The topological polar surface area (TPSA) is 41.5 Å². The van der Waals surface area contributed by atoms with E-state index in [1.807, 2.05) is 12.1 Å². The maximum atomic E-state index is 10.4. The van der Waals surface area contributed by atoms with Crippen LogP contribution in [0.3, 0.4) is 0 Å². The molecule has 1 N–H and O–H groups in total. The summed E-state index contributed by atoms with van der Waals surface area (Å²) >= 11 is 5.74. The van der Waals surface area contributed by atoms with Crippen LogP contribution >= 0.6 is 11.6 Å². The van der Waals surface area contributed by atoms with Gasteiger partial charge in [0, 0.05) is 11.9 Å². The Morgan fingerprint density at radius 2 is 2.38 bits per heavy atom. The third kappa shape index (κ3) is 3.71. The molecule has 0 aromatic heterocycles. The fraction of sp³-hybridized carbons (Fsp3) is 0.111. The number of halogens is 1. The van der Waals surface area contributed by atoms with Gasteiger partial charge in [0.2, 0.25) is 5.91 Å². The number of hydrogen-bond donors (Lipinski definition) is 1. The van der Waals surface area contributed by atoms with Gasteiger partial charge in [0.05, 0.1) is 6.21 Å². The van der Waals surface area contributed by atoms with Crippen molar-refractivity contribution in [2.75, 3.05) is 0 Å². The van der Waals surface area contributed by atoms with Crippen LogP contribution in [-0.2, 0) is 4.79 Å². The molecular formula is C9H9ClN2O. The van der Waals surface area contributed by atoms with Gasteiger partial charge in [-0.25, -0.2) is 5.43 Å². The van der Waals surface area contributed by atoms with Gasteiger partial charge in [-0.3, -0.25) is 4.79 Å². The van der Waals surface area contributed by atoms with Crippen LogP contribution in [0.2, 0.25) is 5.02 Å². The molecule has 0 saturated heterocycles. The first-order chi connectivity index (χ1) is 6.18. The van der Waals surface area contributed by atoms with Crippen LogP contribution in [0.25, 0.3) is 0 Å². The fourth-order valence-electron chi connectivity index (χ4n) is 0.785. The molecule has 0 radical (unpaired) electrons. The molecular weight excluding hydrogens is 188 g/mol. The van der Waals surface area contributed by atoms with E-state index in [1.165, 1.54) is 13.1 Å². The van der Waals surface area contributed by atoms with Gasteiger partial charge < -0.3 is 0 Å². The molecule has 0 heterocycles. The van der Waals surface area contributed by atoms with Gasteiger partial charge in [0.25, 0.3) is 0 Å². The molecule has 13 heavy (non-hydrogen) atoms. The first-order valence-electron chi connectivity index (χ1n) is 3.73. The van der Waals surface area contributed by atoms with Gasteiger partial charge in [-0.05, 0) is 17.7 Å². The molecule has 0 atom stereocenters. The Hall–Kier alpha value is -1.35. The van der Waals surface area contributed by atoms with Crippen LogP contribution in [0.4, 0.5) is 0 Å². The summed E-state index contributed by atoms with van der Waals surface area (Å²) in [6.45, 7) is 1.40. The number of rotatable bonds is 2. The molecule has 1 aromatic rings. The molecule has 4 heteroatoms. The van der Waals surface area contributed by atoms with E-state index < -0.39 is 0 Å². The SMILES string of the molecule is CC(=O)N/N=C\c1cccc(Cl)c1. The largest absolute Gasteiger partial charge is 0.274 e. The highest BCUT2D eigenvalue weighted by molar-refractivity contribution is 6.30. The summed E-state index contributed by atoms with van der Waals surface area (Å²) in [5.74, 6) is -0.196. The van der Waals surface area contributed by atoms with E-state index in [4.69, 9.17) is 11.6 Å². The average molecular weight is 197 g/mol. The molecule has 68 valence electrons. The van der Waals surface area contributed by atoms with Crippen LogP contribution < -0.4 is 5.43 Å². The van der Waals surface area contributed by atoms with E-state index in [0.717, 1.165) is 5.56 Å². The Labute approximate surface area is 81.4 Å². The monoisotopic (exact) mass is 196 g/mol. The van der Waals surface area contributed by atoms with E-state index in [0.29, 0.717) is 5.02 Å². The van der Waals surface area contributed by atoms with Crippen LogP contribution in [0, 0.1) is 0 Å². The highest BCUT2D eigenvalue weighted by Crippen LogP contribution is 2.08. The lowest BCUT2D eigenvalue weighted by Crippen LogP contribution is -2.12. The zero-order valence-electron chi connectivity index (χ0n) is 7.12. The van der Waals surface area contributed by atoms with Crippen molar-refractivity contribution in [2.45, 2.75) is 6.92 Å². The van der Waals surface area contributed by atoms with Crippen molar-refractivity contribution >= 4 is 23.7 Å². The third-order valence-electron chi connectivity index (χ3n) is 1.28. The number of amides is 1. The number of carbonyl (C=O) groups is 1. The maximum Gasteiger partial charge on any atom is 0.236 e. The summed E-state index contributed by atoms with van der Waals surface area (Å²) in [5, 5.41) is 4.34. The molecule has 0 aliphatic carbocycles. The van der Waals surface area contributed by atoms with Crippen LogP contribution in [-0.4, -0.2) is 12.1 Å². The molecule has 1 amide bonds. The predicted octanol–water partition coefficient (Wildman–Crippen LogP) is 1.81. The number of benzene rings is 1. The first kappa shape index (κ1) is 9.74. The second kappa shape index (κ2) is 4.62. The molecule has 0 saturated carbocycles. The Kier molecular flexibility index (Phi) is 3.46. The van der Waals surface area contributed by atoms with Gasteiger partial charge in [-0.2, -0.15) is 5.10 Å². The lowest BCUT2D eigenvalue weighted by molar-refractivity contribution is -0.118. The zero-order chi connectivity index (χ0) is 9.68. The Morgan fingerprint density at radius 1 is 1.62 bits per heavy atom. The fourth-order valence-corrected chi connectivity index (χ4v) is 0.983. The molecule has 1 aromatic carbocycles. The molecule has 0 unspecified atom stereocenters. The Balaban J connectivity index is 2.63. The number of hydrogen-bond acceptors (Lipinski definition) is 2. The molecule has 0 spiro atoms. The third-order valence-corrected chi connectivity index (χ3v) is 1.52. The minimum absolute atomic E-state index is 0.196. The van der Waals surface area contributed by atoms with Crippen molar-refractivity contribution in [3.63, 3.8) is 0 Å².